The first-order valence-electron chi connectivity index (χ1n) is 8.26. The van der Waals surface area contributed by atoms with Crippen LogP contribution in [0.5, 0.6) is 5.75 Å². The van der Waals surface area contributed by atoms with Crippen LogP contribution < -0.4 is 4.74 Å². The molecule has 1 amide bonds. The number of sulfone groups is 1. The van der Waals surface area contributed by atoms with Gasteiger partial charge in [0.2, 0.25) is 0 Å². The molecule has 0 bridgehead atoms. The van der Waals surface area contributed by atoms with Crippen molar-refractivity contribution in [1.29, 1.82) is 0 Å². The first-order chi connectivity index (χ1) is 11.9. The molecule has 0 aliphatic carbocycles. The molecule has 138 valence electrons. The van der Waals surface area contributed by atoms with Crippen LogP contribution in [0.1, 0.15) is 30.6 Å². The van der Waals surface area contributed by atoms with Gasteiger partial charge in [-0.05, 0) is 44.5 Å². The van der Waals surface area contributed by atoms with Crippen LogP contribution in [0.4, 0.5) is 4.79 Å². The van der Waals surface area contributed by atoms with E-state index in [1.807, 2.05) is 6.92 Å². The highest BCUT2D eigenvalue weighted by Gasteiger charge is 2.36. The van der Waals surface area contributed by atoms with Crippen LogP contribution in [0.2, 0.25) is 0 Å². The number of ether oxygens (including phenoxy) is 2. The standard InChI is InChI=1S/C17H23NO6S/c1-3-23-15-7-5-13(6-8-15)16(19)11-18(17(20)24-4-2)14-9-10-25(21,22)12-14/h5-8,14H,3-4,9-12H2,1-2H3. The highest BCUT2D eigenvalue weighted by molar-refractivity contribution is 7.91. The van der Waals surface area contributed by atoms with Crippen molar-refractivity contribution in [3.05, 3.63) is 29.8 Å². The molecular formula is C17H23NO6S. The highest BCUT2D eigenvalue weighted by Crippen LogP contribution is 2.20. The smallest absolute Gasteiger partial charge is 0.410 e. The van der Waals surface area contributed by atoms with Crippen molar-refractivity contribution in [2.24, 2.45) is 0 Å². The molecule has 0 spiro atoms. The Balaban J connectivity index is 2.12. The lowest BCUT2D eigenvalue weighted by atomic mass is 10.1. The molecule has 1 heterocycles. The van der Waals surface area contributed by atoms with Gasteiger partial charge in [0.15, 0.2) is 15.6 Å². The number of hydrogen-bond donors (Lipinski definition) is 0. The Labute approximate surface area is 147 Å². The first-order valence-corrected chi connectivity index (χ1v) is 10.1. The molecule has 0 aromatic heterocycles. The summed E-state index contributed by atoms with van der Waals surface area (Å²) < 4.78 is 33.7. The number of hydrogen-bond acceptors (Lipinski definition) is 6. The van der Waals surface area contributed by atoms with Gasteiger partial charge in [0.1, 0.15) is 5.75 Å². The molecule has 1 aromatic carbocycles. The molecule has 1 aromatic rings. The van der Waals surface area contributed by atoms with Crippen LogP contribution in [0.3, 0.4) is 0 Å². The average molecular weight is 369 g/mol. The van der Waals surface area contributed by atoms with Gasteiger partial charge >= 0.3 is 6.09 Å². The Hall–Kier alpha value is -2.09. The number of carbonyl (C=O) groups excluding carboxylic acids is 2. The molecule has 1 aliphatic heterocycles. The monoisotopic (exact) mass is 369 g/mol. The molecule has 1 fully saturated rings. The SMILES string of the molecule is CCOC(=O)N(CC(=O)c1ccc(OCC)cc1)C1CCS(=O)(=O)C1. The fourth-order valence-electron chi connectivity index (χ4n) is 2.72. The molecular weight excluding hydrogens is 346 g/mol. The lowest BCUT2D eigenvalue weighted by Crippen LogP contribution is -2.44. The molecule has 8 heteroatoms. The maximum atomic E-state index is 12.5. The Kier molecular flexibility index (Phi) is 6.41. The van der Waals surface area contributed by atoms with Crippen LogP contribution in [0, 0.1) is 0 Å². The lowest BCUT2D eigenvalue weighted by Gasteiger charge is -2.26. The van der Waals surface area contributed by atoms with Crippen LogP contribution in [0.15, 0.2) is 24.3 Å². The third-order valence-electron chi connectivity index (χ3n) is 3.95. The number of Topliss-reactive ketones (excluding diaryl/α,β-unsaturated/α-hetero) is 1. The van der Waals surface area contributed by atoms with Gasteiger partial charge in [-0.1, -0.05) is 0 Å². The van der Waals surface area contributed by atoms with E-state index in [1.165, 1.54) is 4.90 Å². The zero-order chi connectivity index (χ0) is 18.4. The van der Waals surface area contributed by atoms with Crippen molar-refractivity contribution >= 4 is 21.7 Å². The number of nitrogens with zero attached hydrogens (tertiary/aromatic N) is 1. The number of amides is 1. The van der Waals surface area contributed by atoms with Crippen molar-refractivity contribution in [2.45, 2.75) is 26.3 Å². The van der Waals surface area contributed by atoms with Gasteiger partial charge in [0, 0.05) is 5.56 Å². The summed E-state index contributed by atoms with van der Waals surface area (Å²) in [5.74, 6) is 0.260. The Morgan fingerprint density at radius 2 is 1.84 bits per heavy atom. The molecule has 25 heavy (non-hydrogen) atoms. The summed E-state index contributed by atoms with van der Waals surface area (Å²) in [6, 6.07) is 6.09. The van der Waals surface area contributed by atoms with Crippen molar-refractivity contribution in [2.75, 3.05) is 31.3 Å². The number of rotatable bonds is 7. The summed E-state index contributed by atoms with van der Waals surface area (Å²) in [5.41, 5.74) is 0.429. The third kappa shape index (κ3) is 5.19. The Morgan fingerprint density at radius 1 is 1.16 bits per heavy atom. The van der Waals surface area contributed by atoms with E-state index in [4.69, 9.17) is 9.47 Å². The fraction of sp³-hybridized carbons (Fsp3) is 0.529. The highest BCUT2D eigenvalue weighted by atomic mass is 32.2. The van der Waals surface area contributed by atoms with E-state index < -0.39 is 22.0 Å². The lowest BCUT2D eigenvalue weighted by molar-refractivity contribution is 0.0774. The van der Waals surface area contributed by atoms with Gasteiger partial charge in [0.25, 0.3) is 0 Å². The van der Waals surface area contributed by atoms with Gasteiger partial charge in [-0.25, -0.2) is 13.2 Å². The normalized spacial score (nSPS) is 18.6. The second-order valence-electron chi connectivity index (χ2n) is 5.76. The van der Waals surface area contributed by atoms with Gasteiger partial charge < -0.3 is 9.47 Å². The predicted molar refractivity (Wildman–Crippen MR) is 92.7 cm³/mol. The van der Waals surface area contributed by atoms with E-state index in [9.17, 15) is 18.0 Å². The van der Waals surface area contributed by atoms with Crippen LogP contribution in [-0.2, 0) is 14.6 Å². The maximum Gasteiger partial charge on any atom is 0.410 e. The predicted octanol–water partition coefficient (Wildman–Crippen LogP) is 1.91. The summed E-state index contributed by atoms with van der Waals surface area (Å²) in [5, 5.41) is 0. The summed E-state index contributed by atoms with van der Waals surface area (Å²) in [4.78, 5) is 25.9. The van der Waals surface area contributed by atoms with E-state index in [0.29, 0.717) is 24.3 Å². The van der Waals surface area contributed by atoms with E-state index in [-0.39, 0.29) is 30.4 Å². The van der Waals surface area contributed by atoms with E-state index in [2.05, 4.69) is 0 Å². The summed E-state index contributed by atoms with van der Waals surface area (Å²) >= 11 is 0. The average Bonchev–Trinajstić information content (AvgIpc) is 2.93. The Morgan fingerprint density at radius 3 is 2.36 bits per heavy atom. The van der Waals surface area contributed by atoms with E-state index >= 15 is 0 Å². The van der Waals surface area contributed by atoms with Crippen molar-refractivity contribution in [3.63, 3.8) is 0 Å². The second-order valence-corrected chi connectivity index (χ2v) is 7.99. The largest absolute Gasteiger partial charge is 0.494 e. The minimum Gasteiger partial charge on any atom is -0.494 e. The minimum absolute atomic E-state index is 0.0187. The summed E-state index contributed by atoms with van der Waals surface area (Å²) in [6.45, 7) is 4.00. The molecule has 7 nitrogen and oxygen atoms in total. The molecule has 1 aliphatic rings. The topological polar surface area (TPSA) is 90.0 Å². The van der Waals surface area contributed by atoms with Crippen molar-refractivity contribution < 1.29 is 27.5 Å². The van der Waals surface area contributed by atoms with E-state index in [0.717, 1.165) is 0 Å². The molecule has 2 rings (SSSR count). The molecule has 0 radical (unpaired) electrons. The van der Waals surface area contributed by atoms with Gasteiger partial charge in [0.05, 0.1) is 37.3 Å². The van der Waals surface area contributed by atoms with E-state index in [1.54, 1.807) is 31.2 Å². The fourth-order valence-corrected chi connectivity index (χ4v) is 4.45. The maximum absolute atomic E-state index is 12.5. The molecule has 1 saturated heterocycles. The number of ketones is 1. The van der Waals surface area contributed by atoms with Crippen molar-refractivity contribution in [1.82, 2.24) is 4.90 Å². The molecule has 1 unspecified atom stereocenters. The zero-order valence-electron chi connectivity index (χ0n) is 14.4. The summed E-state index contributed by atoms with van der Waals surface area (Å²) in [7, 11) is -3.18. The quantitative estimate of drug-likeness (QED) is 0.682. The first kappa shape index (κ1) is 19.2. The molecule has 0 N–H and O–H groups in total. The number of carbonyl (C=O) groups is 2. The second kappa shape index (κ2) is 8.33. The Bertz CT molecular complexity index is 713. The molecule has 0 saturated carbocycles. The molecule has 1 atom stereocenters. The zero-order valence-corrected chi connectivity index (χ0v) is 15.3. The third-order valence-corrected chi connectivity index (χ3v) is 5.70. The van der Waals surface area contributed by atoms with Crippen LogP contribution in [0.25, 0.3) is 0 Å². The minimum atomic E-state index is -3.18. The van der Waals surface area contributed by atoms with Crippen LogP contribution >= 0.6 is 0 Å². The van der Waals surface area contributed by atoms with Gasteiger partial charge in [-0.15, -0.1) is 0 Å². The number of benzene rings is 1. The van der Waals surface area contributed by atoms with Crippen molar-refractivity contribution in [3.8, 4) is 5.75 Å². The van der Waals surface area contributed by atoms with Crippen LogP contribution in [-0.4, -0.2) is 62.5 Å². The van der Waals surface area contributed by atoms with Gasteiger partial charge in [-0.3, -0.25) is 9.69 Å². The van der Waals surface area contributed by atoms with Gasteiger partial charge in [-0.2, -0.15) is 0 Å². The summed E-state index contributed by atoms with van der Waals surface area (Å²) in [6.07, 6.45) is -0.346.